The highest BCUT2D eigenvalue weighted by atomic mass is 32.1. The second-order valence-electron chi connectivity index (χ2n) is 7.36. The third kappa shape index (κ3) is 3.84. The number of benzene rings is 1. The highest BCUT2D eigenvalue weighted by Gasteiger charge is 2.32. The molecule has 0 spiro atoms. The van der Waals surface area contributed by atoms with Gasteiger partial charge in [-0.3, -0.25) is 4.90 Å². The lowest BCUT2D eigenvalue weighted by atomic mass is 10.0. The maximum atomic E-state index is 11.0. The van der Waals surface area contributed by atoms with E-state index in [1.54, 1.807) is 7.11 Å². The molecule has 1 aliphatic rings. The number of aromatic nitrogens is 3. The van der Waals surface area contributed by atoms with E-state index < -0.39 is 0 Å². The summed E-state index contributed by atoms with van der Waals surface area (Å²) in [7, 11) is 1.65. The van der Waals surface area contributed by atoms with Crippen LogP contribution >= 0.6 is 11.3 Å². The smallest absolute Gasteiger partial charge is 0.230 e. The van der Waals surface area contributed by atoms with Gasteiger partial charge in [-0.15, -0.1) is 5.10 Å². The number of hydrogen-bond acceptors (Lipinski definition) is 8. The monoisotopic (exact) mass is 431 g/mol. The highest BCUT2D eigenvalue weighted by molar-refractivity contribution is 7.17. The molecule has 0 bridgehead atoms. The number of piperazine rings is 1. The SMILES string of the molecule is CCOc1ccc([C@@H](c2sc3nc(C)nn3c2O)N2CCN(CC)CC2)cc1OC. The zero-order valence-corrected chi connectivity index (χ0v) is 18.8. The molecule has 0 unspecified atom stereocenters. The summed E-state index contributed by atoms with van der Waals surface area (Å²) in [5.41, 5.74) is 1.05. The normalized spacial score (nSPS) is 16.8. The van der Waals surface area contributed by atoms with E-state index >= 15 is 0 Å². The van der Waals surface area contributed by atoms with Crippen LogP contribution in [0.3, 0.4) is 0 Å². The van der Waals surface area contributed by atoms with Crippen molar-refractivity contribution in [1.29, 1.82) is 0 Å². The summed E-state index contributed by atoms with van der Waals surface area (Å²) in [5, 5.41) is 15.4. The Morgan fingerprint density at radius 3 is 2.57 bits per heavy atom. The number of likely N-dealkylation sites (N-methyl/N-ethyl adjacent to an activating group) is 1. The van der Waals surface area contributed by atoms with Gasteiger partial charge in [-0.25, -0.2) is 4.98 Å². The molecule has 9 heteroatoms. The van der Waals surface area contributed by atoms with Crippen LogP contribution in [-0.4, -0.2) is 75.9 Å². The van der Waals surface area contributed by atoms with E-state index in [4.69, 9.17) is 9.47 Å². The summed E-state index contributed by atoms with van der Waals surface area (Å²) in [4.78, 5) is 10.9. The number of rotatable bonds is 7. The van der Waals surface area contributed by atoms with Crippen LogP contribution in [0, 0.1) is 6.92 Å². The van der Waals surface area contributed by atoms with Gasteiger partial charge in [0, 0.05) is 26.2 Å². The Labute approximate surface area is 180 Å². The van der Waals surface area contributed by atoms with Crippen molar-refractivity contribution in [2.24, 2.45) is 0 Å². The minimum atomic E-state index is -0.109. The number of aromatic hydroxyl groups is 1. The number of ether oxygens (including phenoxy) is 2. The number of thiazole rings is 1. The standard InChI is InChI=1S/C21H29N5O3S/c1-5-24-9-11-25(12-10-24)18(15-7-8-16(29-6-2)17(13-15)28-4)19-20(27)26-21(30-19)22-14(3)23-26/h7-8,13,18,27H,5-6,9-12H2,1-4H3/t18-/m0/s1. The van der Waals surface area contributed by atoms with Crippen molar-refractivity contribution in [3.63, 3.8) is 0 Å². The first kappa shape index (κ1) is 20.9. The molecule has 3 heterocycles. The third-order valence-electron chi connectivity index (χ3n) is 5.58. The van der Waals surface area contributed by atoms with Crippen LogP contribution in [0.15, 0.2) is 18.2 Å². The Morgan fingerprint density at radius 1 is 1.17 bits per heavy atom. The average Bonchev–Trinajstić information content (AvgIpc) is 3.27. The van der Waals surface area contributed by atoms with Crippen molar-refractivity contribution >= 4 is 16.3 Å². The summed E-state index contributed by atoms with van der Waals surface area (Å²) in [6.07, 6.45) is 0. The van der Waals surface area contributed by atoms with Crippen LogP contribution in [0.25, 0.3) is 4.96 Å². The molecule has 0 saturated carbocycles. The van der Waals surface area contributed by atoms with Crippen molar-refractivity contribution < 1.29 is 14.6 Å². The van der Waals surface area contributed by atoms with Gasteiger partial charge in [-0.05, 0) is 38.1 Å². The number of hydrogen-bond donors (Lipinski definition) is 1. The van der Waals surface area contributed by atoms with Gasteiger partial charge in [0.15, 0.2) is 11.5 Å². The van der Waals surface area contributed by atoms with Crippen molar-refractivity contribution in [1.82, 2.24) is 24.4 Å². The third-order valence-corrected chi connectivity index (χ3v) is 6.65. The first-order valence-corrected chi connectivity index (χ1v) is 11.2. The minimum Gasteiger partial charge on any atom is -0.493 e. The summed E-state index contributed by atoms with van der Waals surface area (Å²) in [6, 6.07) is 5.92. The molecule has 1 aliphatic heterocycles. The van der Waals surface area contributed by atoms with Crippen LogP contribution in [-0.2, 0) is 0 Å². The predicted molar refractivity (Wildman–Crippen MR) is 117 cm³/mol. The van der Waals surface area contributed by atoms with Gasteiger partial charge in [0.25, 0.3) is 0 Å². The Hall–Kier alpha value is -2.36. The molecule has 2 aromatic heterocycles. The number of methoxy groups -OCH3 is 1. The Balaban J connectivity index is 1.77. The first-order chi connectivity index (χ1) is 14.5. The lowest BCUT2D eigenvalue weighted by molar-refractivity contribution is 0.113. The lowest BCUT2D eigenvalue weighted by Crippen LogP contribution is -2.47. The van der Waals surface area contributed by atoms with Gasteiger partial charge in [0.1, 0.15) is 5.82 Å². The van der Waals surface area contributed by atoms with E-state index in [1.807, 2.05) is 26.0 Å². The molecule has 4 rings (SSSR count). The molecular formula is C21H29N5O3S. The first-order valence-electron chi connectivity index (χ1n) is 10.4. The second-order valence-corrected chi connectivity index (χ2v) is 8.37. The molecule has 3 aromatic rings. The largest absolute Gasteiger partial charge is 0.493 e. The zero-order valence-electron chi connectivity index (χ0n) is 18.0. The second kappa shape index (κ2) is 8.79. The summed E-state index contributed by atoms with van der Waals surface area (Å²) in [6.45, 7) is 11.4. The Kier molecular flexibility index (Phi) is 6.12. The van der Waals surface area contributed by atoms with Crippen LogP contribution < -0.4 is 9.47 Å². The van der Waals surface area contributed by atoms with E-state index in [2.05, 4.69) is 32.9 Å². The predicted octanol–water partition coefficient (Wildman–Crippen LogP) is 2.94. The van der Waals surface area contributed by atoms with Gasteiger partial charge >= 0.3 is 0 Å². The number of nitrogens with zero attached hydrogens (tertiary/aromatic N) is 5. The van der Waals surface area contributed by atoms with Crippen molar-refractivity contribution in [2.75, 3.05) is 46.4 Å². The topological polar surface area (TPSA) is 75.4 Å². The molecule has 0 aliphatic carbocycles. The van der Waals surface area contributed by atoms with Crippen LogP contribution in [0.4, 0.5) is 0 Å². The van der Waals surface area contributed by atoms with E-state index in [0.29, 0.717) is 23.1 Å². The molecule has 1 atom stereocenters. The van der Waals surface area contributed by atoms with Crippen LogP contribution in [0.5, 0.6) is 17.4 Å². The summed E-state index contributed by atoms with van der Waals surface area (Å²) >= 11 is 1.49. The molecule has 1 N–H and O–H groups in total. The fourth-order valence-corrected chi connectivity index (χ4v) is 5.18. The molecule has 1 aromatic carbocycles. The molecule has 8 nitrogen and oxygen atoms in total. The van der Waals surface area contributed by atoms with E-state index in [1.165, 1.54) is 15.9 Å². The molecule has 30 heavy (non-hydrogen) atoms. The Bertz CT molecular complexity index is 1010. The maximum Gasteiger partial charge on any atom is 0.230 e. The molecule has 162 valence electrons. The van der Waals surface area contributed by atoms with Gasteiger partial charge in [-0.2, -0.15) is 4.52 Å². The van der Waals surface area contributed by atoms with Crippen molar-refractivity contribution in [2.45, 2.75) is 26.8 Å². The highest BCUT2D eigenvalue weighted by Crippen LogP contribution is 2.42. The van der Waals surface area contributed by atoms with Crippen LogP contribution in [0.1, 0.15) is 36.2 Å². The van der Waals surface area contributed by atoms with Gasteiger partial charge in [0.05, 0.1) is 24.6 Å². The number of fused-ring (bicyclic) bond motifs is 1. The molecule has 0 amide bonds. The molecular weight excluding hydrogens is 402 g/mol. The van der Waals surface area contributed by atoms with Gasteiger partial charge in [-0.1, -0.05) is 24.3 Å². The quantitative estimate of drug-likeness (QED) is 0.616. The summed E-state index contributed by atoms with van der Waals surface area (Å²) in [5.74, 6) is 2.23. The van der Waals surface area contributed by atoms with Crippen molar-refractivity contribution in [3.8, 4) is 17.4 Å². The molecule has 1 saturated heterocycles. The van der Waals surface area contributed by atoms with Crippen molar-refractivity contribution in [3.05, 3.63) is 34.5 Å². The van der Waals surface area contributed by atoms with Gasteiger partial charge in [0.2, 0.25) is 10.8 Å². The van der Waals surface area contributed by atoms with Gasteiger partial charge < -0.3 is 19.5 Å². The number of aryl methyl sites for hydroxylation is 1. The van der Waals surface area contributed by atoms with E-state index in [9.17, 15) is 5.11 Å². The summed E-state index contributed by atoms with van der Waals surface area (Å²) < 4.78 is 12.8. The zero-order chi connectivity index (χ0) is 21.3. The average molecular weight is 432 g/mol. The minimum absolute atomic E-state index is 0.109. The molecule has 0 radical (unpaired) electrons. The fraction of sp³-hybridized carbons (Fsp3) is 0.524. The van der Waals surface area contributed by atoms with E-state index in [0.717, 1.165) is 48.9 Å². The van der Waals surface area contributed by atoms with E-state index in [-0.39, 0.29) is 11.9 Å². The van der Waals surface area contributed by atoms with Crippen LogP contribution in [0.2, 0.25) is 0 Å². The Morgan fingerprint density at radius 2 is 1.93 bits per heavy atom. The molecule has 1 fully saturated rings. The fourth-order valence-electron chi connectivity index (χ4n) is 4.02. The maximum absolute atomic E-state index is 11.0. The lowest BCUT2D eigenvalue weighted by Gasteiger charge is -2.38.